The van der Waals surface area contributed by atoms with Crippen LogP contribution in [0, 0.1) is 5.92 Å². The highest BCUT2D eigenvalue weighted by Crippen LogP contribution is 2.29. The molecule has 0 aromatic heterocycles. The summed E-state index contributed by atoms with van der Waals surface area (Å²) < 4.78 is 5.45. The SMILES string of the molecule is CC(C)(C)OC(=O)N1C[C@H]2CC[C@H]1CN[C@@H]2CO. The minimum atomic E-state index is -0.452. The summed E-state index contributed by atoms with van der Waals surface area (Å²) in [5.74, 6) is 0.335. The van der Waals surface area contributed by atoms with Gasteiger partial charge < -0.3 is 20.1 Å². The third-order valence-electron chi connectivity index (χ3n) is 3.75. The molecule has 5 nitrogen and oxygen atoms in total. The molecule has 3 fully saturated rings. The molecule has 0 radical (unpaired) electrons. The molecule has 2 N–H and O–H groups in total. The quantitative estimate of drug-likeness (QED) is 0.734. The molecule has 0 aliphatic carbocycles. The van der Waals surface area contributed by atoms with E-state index in [0.717, 1.165) is 19.4 Å². The summed E-state index contributed by atoms with van der Waals surface area (Å²) in [5.41, 5.74) is -0.452. The monoisotopic (exact) mass is 256 g/mol. The lowest BCUT2D eigenvalue weighted by Gasteiger charge is -2.37. The number of piperidine rings is 1. The maximum atomic E-state index is 12.2. The molecule has 0 spiro atoms. The molecule has 1 amide bonds. The third-order valence-corrected chi connectivity index (χ3v) is 3.75. The summed E-state index contributed by atoms with van der Waals surface area (Å²) in [6.07, 6.45) is 1.84. The largest absolute Gasteiger partial charge is 0.444 e. The normalized spacial score (nSPS) is 32.2. The van der Waals surface area contributed by atoms with Gasteiger partial charge in [0.1, 0.15) is 5.60 Å². The van der Waals surface area contributed by atoms with Gasteiger partial charge >= 0.3 is 6.09 Å². The van der Waals surface area contributed by atoms with Gasteiger partial charge in [0, 0.05) is 25.2 Å². The van der Waals surface area contributed by atoms with E-state index in [0.29, 0.717) is 12.5 Å². The second-order valence-corrected chi connectivity index (χ2v) is 6.32. The van der Waals surface area contributed by atoms with Gasteiger partial charge in [-0.05, 0) is 39.5 Å². The molecule has 3 aliphatic rings. The fourth-order valence-electron chi connectivity index (χ4n) is 2.81. The van der Waals surface area contributed by atoms with E-state index in [4.69, 9.17) is 4.74 Å². The standard InChI is InChI=1S/C13H24N2O3/c1-13(2,3)18-12(17)15-7-9-4-5-10(15)6-14-11(9)8-16/h9-11,14,16H,4-8H2,1-3H3/t9-,10+,11-/m1/s1. The molecule has 2 bridgehead atoms. The molecular weight excluding hydrogens is 232 g/mol. The Hall–Kier alpha value is -0.810. The average Bonchev–Trinajstić information content (AvgIpc) is 2.57. The summed E-state index contributed by atoms with van der Waals surface area (Å²) in [7, 11) is 0. The number of amides is 1. The van der Waals surface area contributed by atoms with Gasteiger partial charge in [0.15, 0.2) is 0 Å². The Morgan fingerprint density at radius 1 is 1.44 bits per heavy atom. The summed E-state index contributed by atoms with van der Waals surface area (Å²) in [6.45, 7) is 7.24. The third kappa shape index (κ3) is 2.95. The van der Waals surface area contributed by atoms with Crippen molar-refractivity contribution >= 4 is 6.09 Å². The maximum absolute atomic E-state index is 12.2. The van der Waals surface area contributed by atoms with Crippen molar-refractivity contribution in [3.8, 4) is 0 Å². The molecular formula is C13H24N2O3. The first-order valence-corrected chi connectivity index (χ1v) is 6.74. The number of nitrogens with zero attached hydrogens (tertiary/aromatic N) is 1. The van der Waals surface area contributed by atoms with Gasteiger partial charge in [0.2, 0.25) is 0 Å². The van der Waals surface area contributed by atoms with Gasteiger partial charge in [-0.3, -0.25) is 0 Å². The predicted molar refractivity (Wildman–Crippen MR) is 68.3 cm³/mol. The lowest BCUT2D eigenvalue weighted by Crippen LogP contribution is -2.49. The summed E-state index contributed by atoms with van der Waals surface area (Å²) in [5, 5.41) is 12.7. The van der Waals surface area contributed by atoms with E-state index in [-0.39, 0.29) is 24.8 Å². The van der Waals surface area contributed by atoms with Crippen molar-refractivity contribution in [2.75, 3.05) is 19.7 Å². The van der Waals surface area contributed by atoms with Crippen molar-refractivity contribution in [3.63, 3.8) is 0 Å². The zero-order valence-corrected chi connectivity index (χ0v) is 11.5. The van der Waals surface area contributed by atoms with Crippen LogP contribution < -0.4 is 5.32 Å². The number of aliphatic hydroxyl groups excluding tert-OH is 1. The number of rotatable bonds is 1. The topological polar surface area (TPSA) is 61.8 Å². The molecule has 3 saturated heterocycles. The Balaban J connectivity index is 2.04. The highest BCUT2D eigenvalue weighted by Gasteiger charge is 2.39. The van der Waals surface area contributed by atoms with E-state index < -0.39 is 5.60 Å². The molecule has 3 rings (SSSR count). The summed E-state index contributed by atoms with van der Waals surface area (Å²) in [6, 6.07) is 0.315. The molecule has 5 heteroatoms. The Labute approximate surface area is 108 Å². The van der Waals surface area contributed by atoms with E-state index in [1.165, 1.54) is 0 Å². The molecule has 0 aromatic carbocycles. The number of ether oxygens (including phenoxy) is 1. The van der Waals surface area contributed by atoms with Gasteiger partial charge in [-0.1, -0.05) is 0 Å². The van der Waals surface area contributed by atoms with Crippen molar-refractivity contribution in [2.24, 2.45) is 5.92 Å². The lowest BCUT2D eigenvalue weighted by molar-refractivity contribution is 0.00627. The Kier molecular flexibility index (Phi) is 3.82. The van der Waals surface area contributed by atoms with Crippen LogP contribution >= 0.6 is 0 Å². The Bertz CT molecular complexity index is 314. The summed E-state index contributed by atoms with van der Waals surface area (Å²) in [4.78, 5) is 14.0. The summed E-state index contributed by atoms with van der Waals surface area (Å²) >= 11 is 0. The predicted octanol–water partition coefficient (Wildman–Crippen LogP) is 0.966. The van der Waals surface area contributed by atoms with Crippen molar-refractivity contribution < 1.29 is 14.6 Å². The van der Waals surface area contributed by atoms with Crippen LogP contribution in [0.1, 0.15) is 33.6 Å². The van der Waals surface area contributed by atoms with Crippen LogP contribution in [0.15, 0.2) is 0 Å². The second-order valence-electron chi connectivity index (χ2n) is 6.32. The molecule has 3 atom stereocenters. The van der Waals surface area contributed by atoms with Crippen LogP contribution in [0.2, 0.25) is 0 Å². The zero-order valence-electron chi connectivity index (χ0n) is 11.5. The van der Waals surface area contributed by atoms with Crippen molar-refractivity contribution in [1.82, 2.24) is 10.2 Å². The van der Waals surface area contributed by atoms with E-state index in [2.05, 4.69) is 5.32 Å². The number of hydrogen-bond donors (Lipinski definition) is 2. The first-order chi connectivity index (χ1) is 8.40. The number of nitrogens with one attached hydrogen (secondary N) is 1. The Morgan fingerprint density at radius 3 is 2.78 bits per heavy atom. The number of hydrogen-bond acceptors (Lipinski definition) is 4. The fourth-order valence-corrected chi connectivity index (χ4v) is 2.81. The molecule has 3 heterocycles. The zero-order chi connectivity index (χ0) is 13.3. The van der Waals surface area contributed by atoms with Crippen LogP contribution in [0.5, 0.6) is 0 Å². The average molecular weight is 256 g/mol. The molecule has 0 unspecified atom stereocenters. The maximum Gasteiger partial charge on any atom is 0.410 e. The number of carbonyl (C=O) groups is 1. The van der Waals surface area contributed by atoms with E-state index in [1.54, 1.807) is 0 Å². The van der Waals surface area contributed by atoms with Gasteiger partial charge in [0.25, 0.3) is 0 Å². The van der Waals surface area contributed by atoms with Crippen molar-refractivity contribution in [2.45, 2.75) is 51.3 Å². The lowest BCUT2D eigenvalue weighted by atomic mass is 9.90. The number of fused-ring (bicyclic) bond motifs is 4. The highest BCUT2D eigenvalue weighted by molar-refractivity contribution is 5.68. The second kappa shape index (κ2) is 5.05. The minimum Gasteiger partial charge on any atom is -0.444 e. The Morgan fingerprint density at radius 2 is 2.17 bits per heavy atom. The molecule has 104 valence electrons. The van der Waals surface area contributed by atoms with Gasteiger partial charge in [-0.25, -0.2) is 4.79 Å². The van der Waals surface area contributed by atoms with Crippen LogP contribution in [0.4, 0.5) is 4.79 Å². The number of carbonyl (C=O) groups excluding carboxylic acids is 1. The first kappa shape index (κ1) is 13.6. The molecule has 0 aromatic rings. The minimum absolute atomic E-state index is 0.113. The van der Waals surface area contributed by atoms with Crippen LogP contribution in [0.3, 0.4) is 0 Å². The van der Waals surface area contributed by atoms with E-state index in [1.807, 2.05) is 25.7 Å². The van der Waals surface area contributed by atoms with Crippen LogP contribution in [-0.4, -0.2) is 53.5 Å². The van der Waals surface area contributed by atoms with Gasteiger partial charge in [-0.2, -0.15) is 0 Å². The van der Waals surface area contributed by atoms with Crippen molar-refractivity contribution in [1.29, 1.82) is 0 Å². The van der Waals surface area contributed by atoms with Gasteiger partial charge in [-0.15, -0.1) is 0 Å². The van der Waals surface area contributed by atoms with E-state index >= 15 is 0 Å². The smallest absolute Gasteiger partial charge is 0.410 e. The van der Waals surface area contributed by atoms with E-state index in [9.17, 15) is 9.90 Å². The molecule has 3 aliphatic heterocycles. The van der Waals surface area contributed by atoms with Crippen molar-refractivity contribution in [3.05, 3.63) is 0 Å². The fraction of sp³-hybridized carbons (Fsp3) is 0.923. The first-order valence-electron chi connectivity index (χ1n) is 6.74. The number of aliphatic hydroxyl groups is 1. The van der Waals surface area contributed by atoms with Crippen LogP contribution in [-0.2, 0) is 4.74 Å². The molecule has 18 heavy (non-hydrogen) atoms. The molecule has 0 saturated carbocycles. The highest BCUT2D eigenvalue weighted by atomic mass is 16.6. The van der Waals surface area contributed by atoms with Crippen LogP contribution in [0.25, 0.3) is 0 Å². The van der Waals surface area contributed by atoms with Gasteiger partial charge in [0.05, 0.1) is 6.61 Å².